The number of benzene rings is 2. The van der Waals surface area contributed by atoms with Crippen LogP contribution in [0.15, 0.2) is 61.9 Å². The van der Waals surface area contributed by atoms with Gasteiger partial charge in [-0.1, -0.05) is 44.4 Å². The van der Waals surface area contributed by atoms with Crippen LogP contribution in [0.25, 0.3) is 23.1 Å². The molecule has 0 aliphatic carbocycles. The van der Waals surface area contributed by atoms with Crippen molar-refractivity contribution in [3.8, 4) is 5.75 Å². The van der Waals surface area contributed by atoms with Crippen molar-refractivity contribution in [1.29, 1.82) is 0 Å². The van der Waals surface area contributed by atoms with Crippen LogP contribution in [0, 0.1) is 12.7 Å². The van der Waals surface area contributed by atoms with Crippen LogP contribution >= 0.6 is 0 Å². The highest BCUT2D eigenvalue weighted by atomic mass is 19.1. The zero-order valence-corrected chi connectivity index (χ0v) is 19.2. The highest BCUT2D eigenvalue weighted by Crippen LogP contribution is 2.35. The van der Waals surface area contributed by atoms with Crippen LogP contribution in [-0.2, 0) is 6.42 Å². The van der Waals surface area contributed by atoms with Gasteiger partial charge < -0.3 is 20.8 Å². The van der Waals surface area contributed by atoms with Crippen LogP contribution in [0.3, 0.4) is 0 Å². The summed E-state index contributed by atoms with van der Waals surface area (Å²) in [6.07, 6.45) is 8.13. The Kier molecular flexibility index (Phi) is 7.51. The molecule has 0 aliphatic rings. The van der Waals surface area contributed by atoms with Gasteiger partial charge in [-0.15, -0.1) is 0 Å². The number of aryl methyl sites for hydroxylation is 2. The fourth-order valence-electron chi connectivity index (χ4n) is 3.65. The van der Waals surface area contributed by atoms with E-state index < -0.39 is 5.82 Å². The molecule has 0 saturated heterocycles. The summed E-state index contributed by atoms with van der Waals surface area (Å²) in [5.74, 6) is -0.539. The first-order valence-electron chi connectivity index (χ1n) is 10.6. The fraction of sp³-hybridized carbons (Fsp3) is 0.148. The number of methoxy groups -OCH3 is 1. The second-order valence-electron chi connectivity index (χ2n) is 7.41. The lowest BCUT2D eigenvalue weighted by Gasteiger charge is -2.15. The maximum atomic E-state index is 14.0. The summed E-state index contributed by atoms with van der Waals surface area (Å²) in [4.78, 5) is 7.50. The number of nitrogen functional groups attached to an aromatic ring is 1. The lowest BCUT2D eigenvalue weighted by Crippen LogP contribution is -2.02. The van der Waals surface area contributed by atoms with Crippen LogP contribution in [0.2, 0.25) is 0 Å². The average Bonchev–Trinajstić information content (AvgIpc) is 3.26. The summed E-state index contributed by atoms with van der Waals surface area (Å²) in [7, 11) is 1.39. The van der Waals surface area contributed by atoms with Crippen LogP contribution in [0.5, 0.6) is 5.75 Å². The van der Waals surface area contributed by atoms with Crippen molar-refractivity contribution < 1.29 is 9.13 Å². The minimum absolute atomic E-state index is 0.0304. The number of aromatic amines is 1. The molecule has 4 aromatic rings. The molecule has 4 rings (SSSR count). The van der Waals surface area contributed by atoms with Gasteiger partial charge in [0.05, 0.1) is 24.2 Å². The largest absolute Gasteiger partial charge is 0.492 e. The minimum Gasteiger partial charge on any atom is -0.492 e. The van der Waals surface area contributed by atoms with E-state index in [4.69, 9.17) is 10.5 Å². The molecule has 170 valence electrons. The first-order chi connectivity index (χ1) is 15.9. The average molecular weight is 445 g/mol. The highest BCUT2D eigenvalue weighted by molar-refractivity contribution is 5.85. The number of hydrogen-bond donors (Lipinski definition) is 3. The predicted octanol–water partition coefficient (Wildman–Crippen LogP) is 6.88. The Bertz CT molecular complexity index is 1290. The van der Waals surface area contributed by atoms with Crippen molar-refractivity contribution in [3.63, 3.8) is 0 Å². The summed E-state index contributed by atoms with van der Waals surface area (Å²) < 4.78 is 19.0. The van der Waals surface area contributed by atoms with Gasteiger partial charge in [-0.05, 0) is 48.7 Å². The zero-order valence-electron chi connectivity index (χ0n) is 19.2. The molecule has 0 radical (unpaired) electrons. The van der Waals surface area contributed by atoms with E-state index in [0.717, 1.165) is 17.7 Å². The van der Waals surface area contributed by atoms with Gasteiger partial charge in [0.1, 0.15) is 0 Å². The minimum atomic E-state index is -0.597. The number of nitrogens with zero attached hydrogens (tertiary/aromatic N) is 1. The third-order valence-electron chi connectivity index (χ3n) is 5.41. The summed E-state index contributed by atoms with van der Waals surface area (Å²) in [6, 6.07) is 11.3. The Hall–Kier alpha value is -4.06. The number of para-hydroxylation sites is 1. The van der Waals surface area contributed by atoms with Gasteiger partial charge in [0.2, 0.25) is 0 Å². The van der Waals surface area contributed by atoms with E-state index in [2.05, 4.69) is 66.7 Å². The Morgan fingerprint density at radius 3 is 2.61 bits per heavy atom. The summed E-state index contributed by atoms with van der Waals surface area (Å²) in [5.41, 5.74) is 12.2. The van der Waals surface area contributed by atoms with E-state index in [9.17, 15) is 4.39 Å². The molecule has 0 atom stereocenters. The monoisotopic (exact) mass is 444 g/mol. The Morgan fingerprint density at radius 2 is 1.94 bits per heavy atom. The van der Waals surface area contributed by atoms with E-state index >= 15 is 0 Å². The second-order valence-corrected chi connectivity index (χ2v) is 7.41. The molecule has 2 aromatic heterocycles. The van der Waals surface area contributed by atoms with Crippen LogP contribution in [0.4, 0.5) is 21.5 Å². The van der Waals surface area contributed by atoms with Crippen LogP contribution in [-0.4, -0.2) is 17.1 Å². The number of pyridine rings is 1. The number of halogens is 1. The van der Waals surface area contributed by atoms with Crippen molar-refractivity contribution >= 4 is 40.1 Å². The molecule has 0 saturated carbocycles. The lowest BCUT2D eigenvalue weighted by atomic mass is 10.1. The number of hydrogen-bond acceptors (Lipinski definition) is 4. The molecule has 0 amide bonds. The zero-order chi connectivity index (χ0) is 24.0. The summed E-state index contributed by atoms with van der Waals surface area (Å²) in [5, 5.41) is 4.48. The molecule has 0 aliphatic heterocycles. The van der Waals surface area contributed by atoms with E-state index in [1.165, 1.54) is 35.2 Å². The fourth-order valence-corrected chi connectivity index (χ4v) is 3.65. The number of anilines is 3. The molecular formula is C27H29FN4O. The van der Waals surface area contributed by atoms with Gasteiger partial charge in [-0.2, -0.15) is 0 Å². The maximum absolute atomic E-state index is 14.0. The molecule has 0 spiro atoms. The van der Waals surface area contributed by atoms with Crippen LogP contribution in [0.1, 0.15) is 29.3 Å². The lowest BCUT2D eigenvalue weighted by molar-refractivity contribution is 0.390. The molecule has 4 N–H and O–H groups in total. The molecule has 0 unspecified atom stereocenters. The Labute approximate surface area is 193 Å². The summed E-state index contributed by atoms with van der Waals surface area (Å²) in [6.45, 7) is 11.8. The molecule has 33 heavy (non-hydrogen) atoms. The second kappa shape index (κ2) is 10.5. The molecule has 2 aromatic carbocycles. The summed E-state index contributed by atoms with van der Waals surface area (Å²) >= 11 is 0. The third-order valence-corrected chi connectivity index (χ3v) is 5.41. The van der Waals surface area contributed by atoms with Crippen molar-refractivity contribution in [1.82, 2.24) is 9.97 Å². The molecule has 2 heterocycles. The first kappa shape index (κ1) is 23.6. The Balaban J connectivity index is 0.000000215. The van der Waals surface area contributed by atoms with E-state index in [1.807, 2.05) is 0 Å². The number of H-pyrrole nitrogens is 1. The highest BCUT2D eigenvalue weighted by Gasteiger charge is 2.14. The number of fused-ring (bicyclic) bond motifs is 1. The standard InChI is InChI=1S/C16H16FN3O.C11H13N/c1-4-10-12(5-2)19-9-8-13(10)20-14-7-6-11(18)15(17)16(14)21-3;1-3-9-7-12-11-8(2)5-4-6-10(9)11/h4-9H,1-2,18H2,3H3,(H,19,20);4-7,12H,3H2,1-2H3. The maximum Gasteiger partial charge on any atom is 0.190 e. The predicted molar refractivity (Wildman–Crippen MR) is 137 cm³/mol. The molecule has 0 bridgehead atoms. The quantitative estimate of drug-likeness (QED) is 0.283. The van der Waals surface area contributed by atoms with Crippen molar-refractivity contribution in [2.24, 2.45) is 0 Å². The number of aromatic nitrogens is 2. The number of rotatable bonds is 6. The topological polar surface area (TPSA) is 76.0 Å². The smallest absolute Gasteiger partial charge is 0.190 e. The molecule has 5 nitrogen and oxygen atoms in total. The van der Waals surface area contributed by atoms with Crippen molar-refractivity contribution in [2.75, 3.05) is 18.2 Å². The van der Waals surface area contributed by atoms with Crippen molar-refractivity contribution in [3.05, 3.63) is 90.2 Å². The first-order valence-corrected chi connectivity index (χ1v) is 10.6. The molecule has 0 fully saturated rings. The van der Waals surface area contributed by atoms with Gasteiger partial charge >= 0.3 is 0 Å². The van der Waals surface area contributed by atoms with Gasteiger partial charge in [0.25, 0.3) is 0 Å². The molecule has 6 heteroatoms. The Morgan fingerprint density at radius 1 is 1.15 bits per heavy atom. The molecular weight excluding hydrogens is 415 g/mol. The van der Waals surface area contributed by atoms with Crippen LogP contribution < -0.4 is 15.8 Å². The van der Waals surface area contributed by atoms with Gasteiger partial charge in [-0.3, -0.25) is 4.98 Å². The van der Waals surface area contributed by atoms with Gasteiger partial charge in [0, 0.05) is 34.5 Å². The van der Waals surface area contributed by atoms with Gasteiger partial charge in [-0.25, -0.2) is 4.39 Å². The van der Waals surface area contributed by atoms with Gasteiger partial charge in [0.15, 0.2) is 11.6 Å². The SMILES string of the molecule is C=Cc1nccc(Nc2ccc(N)c(F)c2OC)c1C=C.CCc1c[nH]c2c(C)cccc12. The normalized spacial score (nSPS) is 10.3. The third kappa shape index (κ3) is 4.90. The van der Waals surface area contributed by atoms with E-state index in [-0.39, 0.29) is 11.4 Å². The van der Waals surface area contributed by atoms with Crippen molar-refractivity contribution in [2.45, 2.75) is 20.3 Å². The number of nitrogens with one attached hydrogen (secondary N) is 2. The van der Waals surface area contributed by atoms with E-state index in [1.54, 1.807) is 30.5 Å². The van der Waals surface area contributed by atoms with E-state index in [0.29, 0.717) is 11.4 Å². The number of ether oxygens (including phenoxy) is 1. The number of nitrogens with two attached hydrogens (primary N) is 1.